The number of benzene rings is 1. The summed E-state index contributed by atoms with van der Waals surface area (Å²) in [7, 11) is 0. The van der Waals surface area contributed by atoms with Gasteiger partial charge in [-0.1, -0.05) is 6.42 Å². The molecule has 0 aromatic heterocycles. The summed E-state index contributed by atoms with van der Waals surface area (Å²) < 4.78 is 0. The molecule has 1 aromatic rings. The van der Waals surface area contributed by atoms with E-state index in [-0.39, 0.29) is 23.9 Å². The Hall–Kier alpha value is -2.04. The third kappa shape index (κ3) is 3.83. The fraction of sp³-hybridized carbons (Fsp3) is 0.636. The molecule has 146 valence electrons. The molecule has 1 aliphatic heterocycles. The normalized spacial score (nSPS) is 29.0. The average molecular weight is 370 g/mol. The summed E-state index contributed by atoms with van der Waals surface area (Å²) in [5.74, 6) is 2.62. The van der Waals surface area contributed by atoms with Gasteiger partial charge in [0.1, 0.15) is 6.04 Å². The van der Waals surface area contributed by atoms with Crippen LogP contribution < -0.4 is 15.5 Å². The summed E-state index contributed by atoms with van der Waals surface area (Å²) >= 11 is 0. The summed E-state index contributed by atoms with van der Waals surface area (Å²) in [5.41, 5.74) is 1.84. The molecule has 5 nitrogen and oxygen atoms in total. The number of carbonyl (C=O) groups excluding carboxylic acids is 2. The zero-order chi connectivity index (χ0) is 19.0. The highest BCUT2D eigenvalue weighted by Gasteiger charge is 2.42. The van der Waals surface area contributed by atoms with Crippen LogP contribution in [0.1, 0.15) is 52.4 Å². The maximum absolute atomic E-state index is 12.6. The Morgan fingerprint density at radius 2 is 1.93 bits per heavy atom. The number of nitrogens with one attached hydrogen (secondary N) is 2. The lowest BCUT2D eigenvalue weighted by Gasteiger charge is -2.29. The maximum Gasteiger partial charge on any atom is 0.242 e. The molecular formula is C22H31N3O2. The van der Waals surface area contributed by atoms with Gasteiger partial charge in [0.05, 0.1) is 0 Å². The predicted octanol–water partition coefficient (Wildman–Crippen LogP) is 3.55. The van der Waals surface area contributed by atoms with Gasteiger partial charge in [-0.05, 0) is 81.5 Å². The lowest BCUT2D eigenvalue weighted by Crippen LogP contribution is -2.46. The number of amides is 2. The van der Waals surface area contributed by atoms with Gasteiger partial charge in [-0.15, -0.1) is 0 Å². The second-order valence-electron chi connectivity index (χ2n) is 8.70. The molecule has 0 spiro atoms. The minimum absolute atomic E-state index is 0.0593. The lowest BCUT2D eigenvalue weighted by molar-refractivity contribution is -0.122. The van der Waals surface area contributed by atoms with Gasteiger partial charge in [-0.25, -0.2) is 0 Å². The van der Waals surface area contributed by atoms with E-state index in [1.54, 1.807) is 0 Å². The molecule has 1 aromatic carbocycles. The van der Waals surface area contributed by atoms with Crippen LogP contribution in [0.3, 0.4) is 0 Å². The van der Waals surface area contributed by atoms with Crippen molar-refractivity contribution in [1.82, 2.24) is 5.32 Å². The minimum Gasteiger partial charge on any atom is -0.374 e. The van der Waals surface area contributed by atoms with Crippen LogP contribution in [0.25, 0.3) is 0 Å². The van der Waals surface area contributed by atoms with Crippen molar-refractivity contribution in [2.45, 2.75) is 64.5 Å². The van der Waals surface area contributed by atoms with Crippen molar-refractivity contribution in [1.29, 1.82) is 0 Å². The highest BCUT2D eigenvalue weighted by molar-refractivity contribution is 5.95. The second-order valence-corrected chi connectivity index (χ2v) is 8.70. The summed E-state index contributed by atoms with van der Waals surface area (Å²) in [6.07, 6.45) is 6.94. The minimum atomic E-state index is -0.287. The largest absolute Gasteiger partial charge is 0.374 e. The third-order valence-corrected chi connectivity index (χ3v) is 6.83. The van der Waals surface area contributed by atoms with Gasteiger partial charge in [-0.3, -0.25) is 9.59 Å². The molecule has 27 heavy (non-hydrogen) atoms. The Bertz CT molecular complexity index is 702. The topological polar surface area (TPSA) is 61.4 Å². The van der Waals surface area contributed by atoms with Gasteiger partial charge in [0.25, 0.3) is 0 Å². The van der Waals surface area contributed by atoms with Crippen LogP contribution in [0.5, 0.6) is 0 Å². The second kappa shape index (κ2) is 7.53. The van der Waals surface area contributed by atoms with Gasteiger partial charge in [-0.2, -0.15) is 0 Å². The molecule has 5 atom stereocenters. The van der Waals surface area contributed by atoms with E-state index in [4.69, 9.17) is 0 Å². The molecule has 1 heterocycles. The first kappa shape index (κ1) is 18.3. The smallest absolute Gasteiger partial charge is 0.242 e. The molecule has 5 heteroatoms. The zero-order valence-corrected chi connectivity index (χ0v) is 16.4. The monoisotopic (exact) mass is 369 g/mol. The SMILES string of the molecule is C[C@H](Nc1ccc(N2CCCC2=O)cc1)C(=O)N[C@H](C)[C@@H]1C[C@H]2CC[C@H]1C2. The molecule has 0 unspecified atom stereocenters. The zero-order valence-electron chi connectivity index (χ0n) is 16.4. The van der Waals surface area contributed by atoms with E-state index >= 15 is 0 Å². The number of nitrogens with zero attached hydrogens (tertiary/aromatic N) is 1. The molecule has 2 N–H and O–H groups in total. The fourth-order valence-electron chi connectivity index (χ4n) is 5.34. The molecule has 2 bridgehead atoms. The van der Waals surface area contributed by atoms with E-state index in [9.17, 15) is 9.59 Å². The van der Waals surface area contributed by atoms with Crippen molar-refractivity contribution in [2.24, 2.45) is 17.8 Å². The Morgan fingerprint density at radius 1 is 1.15 bits per heavy atom. The van der Waals surface area contributed by atoms with E-state index in [2.05, 4.69) is 17.6 Å². The van der Waals surface area contributed by atoms with Gasteiger partial charge in [0.15, 0.2) is 0 Å². The maximum atomic E-state index is 12.6. The Labute approximate surface area is 161 Å². The molecule has 2 aliphatic carbocycles. The lowest BCUT2D eigenvalue weighted by atomic mass is 9.84. The van der Waals surface area contributed by atoms with E-state index in [1.165, 1.54) is 25.7 Å². The number of hydrogen-bond donors (Lipinski definition) is 2. The highest BCUT2D eigenvalue weighted by Crippen LogP contribution is 2.49. The number of fused-ring (bicyclic) bond motifs is 2. The molecule has 1 saturated heterocycles. The van der Waals surface area contributed by atoms with E-state index in [0.29, 0.717) is 12.3 Å². The Kier molecular flexibility index (Phi) is 5.11. The Morgan fingerprint density at radius 3 is 2.52 bits per heavy atom. The van der Waals surface area contributed by atoms with Crippen molar-refractivity contribution in [3.05, 3.63) is 24.3 Å². The summed E-state index contributed by atoms with van der Waals surface area (Å²) in [5, 5.41) is 6.52. The third-order valence-electron chi connectivity index (χ3n) is 6.83. The van der Waals surface area contributed by atoms with Crippen LogP contribution in [0.4, 0.5) is 11.4 Å². The average Bonchev–Trinajstić information content (AvgIpc) is 3.39. The van der Waals surface area contributed by atoms with Crippen molar-refractivity contribution in [3.63, 3.8) is 0 Å². The number of hydrogen-bond acceptors (Lipinski definition) is 3. The van der Waals surface area contributed by atoms with Crippen molar-refractivity contribution in [2.75, 3.05) is 16.8 Å². The van der Waals surface area contributed by atoms with Crippen LogP contribution in [0.2, 0.25) is 0 Å². The number of rotatable bonds is 6. The van der Waals surface area contributed by atoms with Gasteiger partial charge in [0, 0.05) is 30.4 Å². The van der Waals surface area contributed by atoms with E-state index < -0.39 is 0 Å². The van der Waals surface area contributed by atoms with Crippen molar-refractivity contribution < 1.29 is 9.59 Å². The molecule has 4 rings (SSSR count). The molecule has 2 amide bonds. The van der Waals surface area contributed by atoms with Crippen LogP contribution in [0, 0.1) is 17.8 Å². The van der Waals surface area contributed by atoms with Crippen LogP contribution in [-0.2, 0) is 9.59 Å². The predicted molar refractivity (Wildman–Crippen MR) is 108 cm³/mol. The van der Waals surface area contributed by atoms with Crippen LogP contribution >= 0.6 is 0 Å². The van der Waals surface area contributed by atoms with Gasteiger partial charge < -0.3 is 15.5 Å². The summed E-state index contributed by atoms with van der Waals surface area (Å²) in [6.45, 7) is 4.87. The molecular weight excluding hydrogens is 338 g/mol. The van der Waals surface area contributed by atoms with Crippen LogP contribution in [0.15, 0.2) is 24.3 Å². The first-order valence-corrected chi connectivity index (χ1v) is 10.5. The number of anilines is 2. The highest BCUT2D eigenvalue weighted by atomic mass is 16.2. The first-order valence-electron chi connectivity index (χ1n) is 10.5. The first-order chi connectivity index (χ1) is 13.0. The summed E-state index contributed by atoms with van der Waals surface area (Å²) in [6, 6.07) is 7.77. The molecule has 3 fully saturated rings. The van der Waals surface area contributed by atoms with Gasteiger partial charge in [0.2, 0.25) is 11.8 Å². The number of carbonyl (C=O) groups is 2. The summed E-state index contributed by atoms with van der Waals surface area (Å²) in [4.78, 5) is 26.3. The molecule has 3 aliphatic rings. The van der Waals surface area contributed by atoms with Crippen molar-refractivity contribution >= 4 is 23.2 Å². The molecule has 0 radical (unpaired) electrons. The Balaban J connectivity index is 1.29. The quantitative estimate of drug-likeness (QED) is 0.806. The molecule has 2 saturated carbocycles. The van der Waals surface area contributed by atoms with E-state index in [0.717, 1.165) is 36.2 Å². The van der Waals surface area contributed by atoms with Crippen molar-refractivity contribution in [3.8, 4) is 0 Å². The standard InChI is InChI=1S/C22H31N3O2/c1-14(20-13-16-5-6-17(20)12-16)24-22(27)15(2)23-18-7-9-19(10-8-18)25-11-3-4-21(25)26/h7-10,14-17,20,23H,3-6,11-13H2,1-2H3,(H,24,27)/t14-,15+,16+,17+,20+/m1/s1. The van der Waals surface area contributed by atoms with Gasteiger partial charge >= 0.3 is 0 Å². The van der Waals surface area contributed by atoms with E-state index in [1.807, 2.05) is 36.1 Å². The fourth-order valence-corrected chi connectivity index (χ4v) is 5.34. The van der Waals surface area contributed by atoms with Crippen LogP contribution in [-0.4, -0.2) is 30.4 Å².